The van der Waals surface area contributed by atoms with Crippen LogP contribution in [0.25, 0.3) is 0 Å². The second kappa shape index (κ2) is 9.01. The van der Waals surface area contributed by atoms with E-state index in [1.54, 1.807) is 19.3 Å². The molecule has 0 aliphatic heterocycles. The van der Waals surface area contributed by atoms with Gasteiger partial charge in [-0.05, 0) is 55.8 Å². The molecule has 0 fully saturated rings. The summed E-state index contributed by atoms with van der Waals surface area (Å²) in [7, 11) is 1.63. The van der Waals surface area contributed by atoms with E-state index in [1.807, 2.05) is 44.2 Å². The van der Waals surface area contributed by atoms with Gasteiger partial charge in [0.2, 0.25) is 11.8 Å². The van der Waals surface area contributed by atoms with E-state index in [0.29, 0.717) is 5.82 Å². The third-order valence-electron chi connectivity index (χ3n) is 3.41. The number of nitrogens with one attached hydrogen (secondary N) is 1. The zero-order valence-corrected chi connectivity index (χ0v) is 16.7. The van der Waals surface area contributed by atoms with Crippen molar-refractivity contribution in [1.29, 1.82) is 0 Å². The highest BCUT2D eigenvalue weighted by Crippen LogP contribution is 2.25. The van der Waals surface area contributed by atoms with Gasteiger partial charge >= 0.3 is 0 Å². The SMILES string of the molecule is Cc1ccnc(NC(=O)CN(C)C(=O)C(C)Sc2ccc(Br)cc2)c1. The number of carbonyl (C=O) groups is 2. The number of hydrogen-bond acceptors (Lipinski definition) is 4. The second-order valence-electron chi connectivity index (χ2n) is 5.67. The van der Waals surface area contributed by atoms with Crippen LogP contribution in [-0.4, -0.2) is 40.5 Å². The molecule has 0 radical (unpaired) electrons. The monoisotopic (exact) mass is 421 g/mol. The minimum absolute atomic E-state index is 0.0142. The van der Waals surface area contributed by atoms with Crippen LogP contribution in [0.4, 0.5) is 5.82 Å². The van der Waals surface area contributed by atoms with Gasteiger partial charge < -0.3 is 10.2 Å². The Labute approximate surface area is 160 Å². The largest absolute Gasteiger partial charge is 0.335 e. The highest BCUT2D eigenvalue weighted by atomic mass is 79.9. The van der Waals surface area contributed by atoms with E-state index >= 15 is 0 Å². The predicted octanol–water partition coefficient (Wildman–Crippen LogP) is 3.73. The zero-order valence-electron chi connectivity index (χ0n) is 14.3. The third-order valence-corrected chi connectivity index (χ3v) is 5.04. The van der Waals surface area contributed by atoms with E-state index in [0.717, 1.165) is 14.9 Å². The summed E-state index contributed by atoms with van der Waals surface area (Å²) in [4.78, 5) is 31.1. The predicted molar refractivity (Wildman–Crippen MR) is 105 cm³/mol. The van der Waals surface area contributed by atoms with Gasteiger partial charge in [0.05, 0.1) is 11.8 Å². The fourth-order valence-corrected chi connectivity index (χ4v) is 3.40. The normalized spacial score (nSPS) is 11.7. The lowest BCUT2D eigenvalue weighted by Gasteiger charge is -2.20. The van der Waals surface area contributed by atoms with Crippen molar-refractivity contribution < 1.29 is 9.59 Å². The summed E-state index contributed by atoms with van der Waals surface area (Å²) in [6.07, 6.45) is 1.64. The lowest BCUT2D eigenvalue weighted by atomic mass is 10.3. The third kappa shape index (κ3) is 6.17. The van der Waals surface area contributed by atoms with E-state index in [9.17, 15) is 9.59 Å². The Morgan fingerprint density at radius 3 is 2.60 bits per heavy atom. The van der Waals surface area contributed by atoms with Crippen LogP contribution in [0, 0.1) is 6.92 Å². The Kier molecular flexibility index (Phi) is 7.01. The molecule has 0 bridgehead atoms. The van der Waals surface area contributed by atoms with Crippen LogP contribution in [0.3, 0.4) is 0 Å². The summed E-state index contributed by atoms with van der Waals surface area (Å²) >= 11 is 4.85. The molecule has 1 heterocycles. The summed E-state index contributed by atoms with van der Waals surface area (Å²) in [6, 6.07) is 11.4. The number of halogens is 1. The summed E-state index contributed by atoms with van der Waals surface area (Å²) in [5, 5.41) is 2.43. The first kappa shape index (κ1) is 19.5. The van der Waals surface area contributed by atoms with E-state index in [1.165, 1.54) is 16.7 Å². The number of aromatic nitrogens is 1. The van der Waals surface area contributed by atoms with Crippen LogP contribution in [0.2, 0.25) is 0 Å². The standard InChI is InChI=1S/C18H20BrN3O2S/c1-12-8-9-20-16(10-12)21-17(23)11-22(3)18(24)13(2)25-15-6-4-14(19)5-7-15/h4-10,13H,11H2,1-3H3,(H,20,21,23). The van der Waals surface area contributed by atoms with Crippen molar-refractivity contribution in [3.63, 3.8) is 0 Å². The number of hydrogen-bond donors (Lipinski definition) is 1. The first-order valence-electron chi connectivity index (χ1n) is 7.75. The van der Waals surface area contributed by atoms with Gasteiger partial charge in [0, 0.05) is 22.6 Å². The summed E-state index contributed by atoms with van der Waals surface area (Å²) in [5.41, 5.74) is 1.01. The van der Waals surface area contributed by atoms with Gasteiger partial charge in [-0.3, -0.25) is 9.59 Å². The van der Waals surface area contributed by atoms with Crippen molar-refractivity contribution in [2.24, 2.45) is 0 Å². The van der Waals surface area contributed by atoms with Gasteiger partial charge in [-0.2, -0.15) is 0 Å². The molecule has 25 heavy (non-hydrogen) atoms. The number of thioether (sulfide) groups is 1. The molecule has 2 aromatic rings. The summed E-state index contributed by atoms with van der Waals surface area (Å²) < 4.78 is 0.995. The molecule has 0 aliphatic rings. The van der Waals surface area contributed by atoms with Crippen molar-refractivity contribution in [3.05, 3.63) is 52.6 Å². The minimum atomic E-state index is -0.281. The van der Waals surface area contributed by atoms with Crippen LogP contribution in [0.15, 0.2) is 52.0 Å². The second-order valence-corrected chi connectivity index (χ2v) is 8.00. The van der Waals surface area contributed by atoms with Gasteiger partial charge in [0.1, 0.15) is 5.82 Å². The average Bonchev–Trinajstić information content (AvgIpc) is 2.56. The van der Waals surface area contributed by atoms with E-state index in [-0.39, 0.29) is 23.6 Å². The average molecular weight is 422 g/mol. The highest BCUT2D eigenvalue weighted by Gasteiger charge is 2.20. The lowest BCUT2D eigenvalue weighted by Crippen LogP contribution is -2.39. The first-order valence-corrected chi connectivity index (χ1v) is 9.42. The first-order chi connectivity index (χ1) is 11.8. The maximum Gasteiger partial charge on any atom is 0.245 e. The molecule has 7 heteroatoms. The van der Waals surface area contributed by atoms with Crippen molar-refractivity contribution in [2.45, 2.75) is 24.0 Å². The molecule has 0 spiro atoms. The van der Waals surface area contributed by atoms with E-state index in [4.69, 9.17) is 0 Å². The lowest BCUT2D eigenvalue weighted by molar-refractivity contribution is -0.132. The molecule has 1 N–H and O–H groups in total. The molecule has 1 unspecified atom stereocenters. The van der Waals surface area contributed by atoms with Crippen molar-refractivity contribution in [2.75, 3.05) is 18.9 Å². The topological polar surface area (TPSA) is 62.3 Å². The fourth-order valence-electron chi connectivity index (χ4n) is 2.16. The Hall–Kier alpha value is -1.86. The number of nitrogens with zero attached hydrogens (tertiary/aromatic N) is 2. The Morgan fingerprint density at radius 1 is 1.28 bits per heavy atom. The van der Waals surface area contributed by atoms with E-state index in [2.05, 4.69) is 26.2 Å². The molecule has 1 aromatic carbocycles. The van der Waals surface area contributed by atoms with Crippen molar-refractivity contribution >= 4 is 45.3 Å². The quantitative estimate of drug-likeness (QED) is 0.721. The number of aryl methyl sites for hydroxylation is 1. The molecule has 2 amide bonds. The molecule has 0 aliphatic carbocycles. The van der Waals surface area contributed by atoms with Gasteiger partial charge in [0.15, 0.2) is 0 Å². The maximum absolute atomic E-state index is 12.5. The van der Waals surface area contributed by atoms with Crippen LogP contribution >= 0.6 is 27.7 Å². The number of rotatable bonds is 6. The Morgan fingerprint density at radius 2 is 1.96 bits per heavy atom. The number of pyridine rings is 1. The molecule has 2 rings (SSSR count). The highest BCUT2D eigenvalue weighted by molar-refractivity contribution is 9.10. The Bertz CT molecular complexity index is 752. The van der Waals surface area contributed by atoms with Crippen LogP contribution in [-0.2, 0) is 9.59 Å². The van der Waals surface area contributed by atoms with Gasteiger partial charge in [-0.1, -0.05) is 15.9 Å². The molecule has 1 aromatic heterocycles. The zero-order chi connectivity index (χ0) is 18.4. The fraction of sp³-hybridized carbons (Fsp3) is 0.278. The smallest absolute Gasteiger partial charge is 0.245 e. The van der Waals surface area contributed by atoms with Crippen molar-refractivity contribution in [1.82, 2.24) is 9.88 Å². The summed E-state index contributed by atoms with van der Waals surface area (Å²) in [5.74, 6) is 0.123. The summed E-state index contributed by atoms with van der Waals surface area (Å²) in [6.45, 7) is 3.75. The molecular formula is C18H20BrN3O2S. The number of likely N-dealkylation sites (N-methyl/N-ethyl adjacent to an activating group) is 1. The molecule has 132 valence electrons. The Balaban J connectivity index is 1.88. The van der Waals surface area contributed by atoms with Crippen LogP contribution in [0.1, 0.15) is 12.5 Å². The van der Waals surface area contributed by atoms with Gasteiger partial charge in [-0.15, -0.1) is 11.8 Å². The number of carbonyl (C=O) groups excluding carboxylic acids is 2. The number of anilines is 1. The molecule has 5 nitrogen and oxygen atoms in total. The van der Waals surface area contributed by atoms with Gasteiger partial charge in [-0.25, -0.2) is 4.98 Å². The molecule has 0 saturated carbocycles. The minimum Gasteiger partial charge on any atom is -0.335 e. The van der Waals surface area contributed by atoms with Crippen LogP contribution < -0.4 is 5.32 Å². The van der Waals surface area contributed by atoms with Crippen molar-refractivity contribution in [3.8, 4) is 0 Å². The maximum atomic E-state index is 12.5. The number of amides is 2. The molecule has 0 saturated heterocycles. The molecular weight excluding hydrogens is 402 g/mol. The van der Waals surface area contributed by atoms with E-state index < -0.39 is 0 Å². The molecule has 1 atom stereocenters. The van der Waals surface area contributed by atoms with Gasteiger partial charge in [0.25, 0.3) is 0 Å². The van der Waals surface area contributed by atoms with Crippen LogP contribution in [0.5, 0.6) is 0 Å². The number of benzene rings is 1.